The first kappa shape index (κ1) is 20.6. The second-order valence-electron chi connectivity index (χ2n) is 3.48. The Morgan fingerprint density at radius 2 is 1.50 bits per heavy atom. The third kappa shape index (κ3) is 11.3. The second-order valence-corrected chi connectivity index (χ2v) is 3.48. The fourth-order valence-electron chi connectivity index (χ4n) is 0.898. The number of carbonyl (C=O) groups is 2. The topological polar surface area (TPSA) is 58.2 Å². The fourth-order valence-corrected chi connectivity index (χ4v) is 0.898. The molecule has 0 fully saturated rings. The van der Waals surface area contributed by atoms with Crippen LogP contribution in [-0.2, 0) is 9.59 Å². The van der Waals surface area contributed by atoms with E-state index in [1.54, 1.807) is 27.9 Å². The zero-order valence-electron chi connectivity index (χ0n) is 10.7. The van der Waals surface area contributed by atoms with Gasteiger partial charge < -0.3 is 10.6 Å². The summed E-state index contributed by atoms with van der Waals surface area (Å²) >= 11 is 0. The van der Waals surface area contributed by atoms with Crippen LogP contribution in [0.3, 0.4) is 0 Å². The molecule has 2 N–H and O–H groups in total. The predicted molar refractivity (Wildman–Crippen MR) is 69.8 cm³/mol. The summed E-state index contributed by atoms with van der Waals surface area (Å²) in [6, 6.07) is 0.0787. The molecule has 0 saturated heterocycles. The lowest BCUT2D eigenvalue weighted by Crippen LogP contribution is -2.31. The van der Waals surface area contributed by atoms with Gasteiger partial charge in [0.1, 0.15) is 11.6 Å². The van der Waals surface area contributed by atoms with E-state index >= 15 is 0 Å². The number of carbonyl (C=O) groups excluding carboxylic acids is 2. The lowest BCUT2D eigenvalue weighted by molar-refractivity contribution is -0.119. The Hall–Kier alpha value is -0.740. The summed E-state index contributed by atoms with van der Waals surface area (Å²) < 4.78 is 0. The van der Waals surface area contributed by atoms with Crippen LogP contribution in [0.15, 0.2) is 0 Å². The van der Waals surface area contributed by atoms with Gasteiger partial charge in [-0.05, 0) is 41.3 Å². The summed E-state index contributed by atoms with van der Waals surface area (Å²) in [6.45, 7) is 7.00. The van der Waals surface area contributed by atoms with Crippen molar-refractivity contribution in [3.63, 3.8) is 0 Å². The maximum absolute atomic E-state index is 10.5. The molecule has 0 aromatic heterocycles. The van der Waals surface area contributed by atoms with Crippen molar-refractivity contribution in [3.05, 3.63) is 0 Å². The quantitative estimate of drug-likeness (QED) is 0.752. The van der Waals surface area contributed by atoms with Crippen LogP contribution >= 0.6 is 0 Å². The first-order valence-corrected chi connectivity index (χ1v) is 5.26. The Labute approximate surface area is 100 Å². The third-order valence-electron chi connectivity index (χ3n) is 2.29. The van der Waals surface area contributed by atoms with Crippen molar-refractivity contribution in [2.24, 2.45) is 0 Å². The van der Waals surface area contributed by atoms with Crippen LogP contribution in [0, 0.1) is 0 Å². The van der Waals surface area contributed by atoms with E-state index in [1.165, 1.54) is 0 Å². The minimum absolute atomic E-state index is 0. The highest BCUT2D eigenvalue weighted by molar-refractivity contribution is 5.81. The van der Waals surface area contributed by atoms with E-state index in [4.69, 9.17) is 0 Å². The van der Waals surface area contributed by atoms with Gasteiger partial charge in [0.05, 0.1) is 12.1 Å². The summed E-state index contributed by atoms with van der Waals surface area (Å²) in [5.41, 5.74) is 0. The normalized spacial score (nSPS) is 12.6. The van der Waals surface area contributed by atoms with Gasteiger partial charge in [-0.25, -0.2) is 0 Å². The smallest absolute Gasteiger partial charge is 0.146 e. The molecule has 0 aliphatic heterocycles. The van der Waals surface area contributed by atoms with E-state index in [1.807, 2.05) is 13.8 Å². The highest BCUT2D eigenvalue weighted by atomic mass is 16.1. The molecule has 2 unspecified atom stereocenters. The molecule has 0 spiro atoms. The SMILES string of the molecule is C.CCC(NC)C(C)=O.CNC(C)C(C)=O. The van der Waals surface area contributed by atoms with E-state index in [0.717, 1.165) is 6.42 Å². The van der Waals surface area contributed by atoms with Crippen LogP contribution in [0.4, 0.5) is 0 Å². The number of ketones is 2. The highest BCUT2D eigenvalue weighted by Gasteiger charge is 2.05. The second kappa shape index (κ2) is 12.3. The Kier molecular flexibility index (Phi) is 15.9. The van der Waals surface area contributed by atoms with Gasteiger partial charge in [-0.3, -0.25) is 9.59 Å². The van der Waals surface area contributed by atoms with Crippen LogP contribution in [0.5, 0.6) is 0 Å². The molecule has 0 rings (SSSR count). The van der Waals surface area contributed by atoms with Crippen molar-refractivity contribution in [3.8, 4) is 0 Å². The van der Waals surface area contributed by atoms with Crippen molar-refractivity contribution in [2.75, 3.05) is 14.1 Å². The molecule has 4 nitrogen and oxygen atoms in total. The fraction of sp³-hybridized carbons (Fsp3) is 0.833. The molecule has 0 heterocycles. The molecule has 0 aromatic rings. The molecular weight excluding hydrogens is 204 g/mol. The third-order valence-corrected chi connectivity index (χ3v) is 2.29. The van der Waals surface area contributed by atoms with E-state index in [9.17, 15) is 9.59 Å². The number of hydrogen-bond donors (Lipinski definition) is 2. The van der Waals surface area contributed by atoms with E-state index in [2.05, 4.69) is 10.6 Å². The number of likely N-dealkylation sites (N-methyl/N-ethyl adjacent to an activating group) is 2. The minimum Gasteiger partial charge on any atom is -0.311 e. The molecule has 0 amide bonds. The molecule has 0 aliphatic rings. The molecule has 16 heavy (non-hydrogen) atoms. The summed E-state index contributed by atoms with van der Waals surface area (Å²) in [7, 11) is 3.57. The van der Waals surface area contributed by atoms with Crippen LogP contribution in [0.25, 0.3) is 0 Å². The number of hydrogen-bond acceptors (Lipinski definition) is 4. The van der Waals surface area contributed by atoms with Crippen LogP contribution in [0.2, 0.25) is 0 Å². The lowest BCUT2D eigenvalue weighted by Gasteiger charge is -2.07. The summed E-state index contributed by atoms with van der Waals surface area (Å²) in [5, 5.41) is 5.72. The zero-order valence-corrected chi connectivity index (χ0v) is 10.7. The molecule has 0 aliphatic carbocycles. The van der Waals surface area contributed by atoms with Gasteiger partial charge >= 0.3 is 0 Å². The minimum atomic E-state index is 0. The van der Waals surface area contributed by atoms with Crippen LogP contribution in [-0.4, -0.2) is 37.7 Å². The molecule has 0 aromatic carbocycles. The van der Waals surface area contributed by atoms with Crippen molar-refractivity contribution >= 4 is 11.6 Å². The molecule has 2 atom stereocenters. The molecule has 0 saturated carbocycles. The summed E-state index contributed by atoms with van der Waals surface area (Å²) in [6.07, 6.45) is 0.881. The van der Waals surface area contributed by atoms with E-state index in [-0.39, 0.29) is 31.1 Å². The molecule has 0 bridgehead atoms. The van der Waals surface area contributed by atoms with Gasteiger partial charge in [-0.1, -0.05) is 14.4 Å². The first-order chi connectivity index (χ1) is 6.90. The molecule has 4 heteroatoms. The maximum Gasteiger partial charge on any atom is 0.146 e. The number of rotatable bonds is 5. The Balaban J connectivity index is -0.000000200. The average molecular weight is 232 g/mol. The van der Waals surface area contributed by atoms with E-state index in [0.29, 0.717) is 0 Å². The largest absolute Gasteiger partial charge is 0.311 e. The Bertz CT molecular complexity index is 189. The molecular formula is C12H28N2O2. The van der Waals surface area contributed by atoms with Gasteiger partial charge in [0.15, 0.2) is 0 Å². The number of Topliss-reactive ketones (excluding diaryl/α,β-unsaturated/α-hetero) is 2. The summed E-state index contributed by atoms with van der Waals surface area (Å²) in [5.74, 6) is 0.400. The standard InChI is InChI=1S/C6H13NO.C5H11NO.CH4/c1-4-6(7-3)5(2)8;1-4(6-3)5(2)7;/h6-7H,4H2,1-3H3;4,6H,1-3H3;1H4. The van der Waals surface area contributed by atoms with Crippen LogP contribution in [0.1, 0.15) is 41.5 Å². The van der Waals surface area contributed by atoms with Crippen molar-refractivity contribution in [1.29, 1.82) is 0 Å². The van der Waals surface area contributed by atoms with Crippen molar-refractivity contribution in [2.45, 2.75) is 53.6 Å². The molecule has 98 valence electrons. The van der Waals surface area contributed by atoms with Crippen LogP contribution < -0.4 is 10.6 Å². The van der Waals surface area contributed by atoms with Gasteiger partial charge in [0.25, 0.3) is 0 Å². The van der Waals surface area contributed by atoms with Gasteiger partial charge in [0, 0.05) is 0 Å². The van der Waals surface area contributed by atoms with Gasteiger partial charge in [-0.2, -0.15) is 0 Å². The Morgan fingerprint density at radius 3 is 1.50 bits per heavy atom. The average Bonchev–Trinajstić information content (AvgIpc) is 2.18. The van der Waals surface area contributed by atoms with E-state index < -0.39 is 0 Å². The first-order valence-electron chi connectivity index (χ1n) is 5.26. The maximum atomic E-state index is 10.5. The monoisotopic (exact) mass is 232 g/mol. The lowest BCUT2D eigenvalue weighted by atomic mass is 10.1. The molecule has 0 radical (unpaired) electrons. The van der Waals surface area contributed by atoms with Gasteiger partial charge in [-0.15, -0.1) is 0 Å². The zero-order chi connectivity index (χ0) is 12.4. The highest BCUT2D eigenvalue weighted by Crippen LogP contribution is 1.88. The Morgan fingerprint density at radius 1 is 1.06 bits per heavy atom. The van der Waals surface area contributed by atoms with Gasteiger partial charge in [0.2, 0.25) is 0 Å². The predicted octanol–water partition coefficient (Wildman–Crippen LogP) is 1.39. The van der Waals surface area contributed by atoms with Crippen molar-refractivity contribution < 1.29 is 9.59 Å². The van der Waals surface area contributed by atoms with Crippen molar-refractivity contribution in [1.82, 2.24) is 10.6 Å². The summed E-state index contributed by atoms with van der Waals surface area (Å²) in [4.78, 5) is 20.9. The number of nitrogens with one attached hydrogen (secondary N) is 2.